The zero-order valence-corrected chi connectivity index (χ0v) is 12.8. The second kappa shape index (κ2) is 7.04. The van der Waals surface area contributed by atoms with Crippen LogP contribution in [0.1, 0.15) is 34.1 Å². The molecule has 1 saturated heterocycles. The lowest BCUT2D eigenvalue weighted by atomic mass is 10.0. The van der Waals surface area contributed by atoms with Crippen LogP contribution < -0.4 is 5.32 Å². The number of aliphatic carboxylic acids is 1. The van der Waals surface area contributed by atoms with Gasteiger partial charge in [0.25, 0.3) is 0 Å². The lowest BCUT2D eigenvalue weighted by molar-refractivity contribution is -0.145. The summed E-state index contributed by atoms with van der Waals surface area (Å²) >= 11 is 0. The van der Waals surface area contributed by atoms with Crippen molar-refractivity contribution in [2.24, 2.45) is 5.92 Å². The fourth-order valence-corrected chi connectivity index (χ4v) is 2.37. The van der Waals surface area contributed by atoms with Crippen LogP contribution in [0.4, 0.5) is 0 Å². The monoisotopic (exact) mass is 286 g/mol. The predicted octanol–water partition coefficient (Wildman–Crippen LogP) is 0.713. The van der Waals surface area contributed by atoms with E-state index >= 15 is 0 Å². The van der Waals surface area contributed by atoms with Gasteiger partial charge in [0.1, 0.15) is 5.92 Å². The number of rotatable bonds is 6. The number of carboxylic acid groups (broad SMARTS) is 1. The van der Waals surface area contributed by atoms with Crippen molar-refractivity contribution in [1.82, 2.24) is 10.2 Å². The zero-order chi connectivity index (χ0) is 15.3. The highest BCUT2D eigenvalue weighted by Gasteiger charge is 2.39. The molecule has 2 N–H and O–H groups in total. The third-order valence-corrected chi connectivity index (χ3v) is 3.42. The van der Waals surface area contributed by atoms with Gasteiger partial charge in [0, 0.05) is 25.0 Å². The maximum absolute atomic E-state index is 12.3. The molecule has 0 aromatic carbocycles. The molecule has 1 heterocycles. The lowest BCUT2D eigenvalue weighted by Crippen LogP contribution is -2.47. The molecule has 0 radical (unpaired) electrons. The SMILES string of the molecule is CCN(C(=O)CCNC(C)(C)C)C1COCC1C(=O)O. The number of nitrogens with one attached hydrogen (secondary N) is 1. The Balaban J connectivity index is 2.56. The maximum Gasteiger partial charge on any atom is 0.311 e. The normalized spacial score (nSPS) is 22.8. The molecule has 116 valence electrons. The summed E-state index contributed by atoms with van der Waals surface area (Å²) in [4.78, 5) is 25.1. The highest BCUT2D eigenvalue weighted by atomic mass is 16.5. The number of likely N-dealkylation sites (N-methyl/N-ethyl adjacent to an activating group) is 1. The fourth-order valence-electron chi connectivity index (χ4n) is 2.37. The third-order valence-electron chi connectivity index (χ3n) is 3.42. The molecule has 0 bridgehead atoms. The number of nitrogens with zero attached hydrogens (tertiary/aromatic N) is 1. The number of carbonyl (C=O) groups excluding carboxylic acids is 1. The van der Waals surface area contributed by atoms with Gasteiger partial charge in [-0.15, -0.1) is 0 Å². The van der Waals surface area contributed by atoms with Crippen LogP contribution >= 0.6 is 0 Å². The van der Waals surface area contributed by atoms with Crippen LogP contribution in [0.3, 0.4) is 0 Å². The Bertz CT molecular complexity index is 352. The molecule has 0 saturated carbocycles. The summed E-state index contributed by atoms with van der Waals surface area (Å²) in [5, 5.41) is 12.4. The van der Waals surface area contributed by atoms with Gasteiger partial charge in [0.05, 0.1) is 19.3 Å². The first kappa shape index (κ1) is 16.9. The molecule has 0 aromatic heterocycles. The van der Waals surface area contributed by atoms with Crippen molar-refractivity contribution in [2.45, 2.75) is 45.7 Å². The van der Waals surface area contributed by atoms with Crippen LogP contribution in [0.2, 0.25) is 0 Å². The van der Waals surface area contributed by atoms with Crippen LogP contribution in [0.15, 0.2) is 0 Å². The molecule has 1 aliphatic rings. The number of hydrogen-bond acceptors (Lipinski definition) is 4. The van der Waals surface area contributed by atoms with E-state index in [-0.39, 0.29) is 24.1 Å². The van der Waals surface area contributed by atoms with Crippen molar-refractivity contribution >= 4 is 11.9 Å². The Morgan fingerprint density at radius 1 is 1.35 bits per heavy atom. The van der Waals surface area contributed by atoms with Crippen molar-refractivity contribution < 1.29 is 19.4 Å². The van der Waals surface area contributed by atoms with Crippen LogP contribution in [0, 0.1) is 5.92 Å². The van der Waals surface area contributed by atoms with Gasteiger partial charge in [0.15, 0.2) is 0 Å². The number of ether oxygens (including phenoxy) is 1. The van der Waals surface area contributed by atoms with E-state index in [2.05, 4.69) is 5.32 Å². The van der Waals surface area contributed by atoms with Crippen LogP contribution in [-0.4, -0.2) is 59.8 Å². The van der Waals surface area contributed by atoms with Crippen LogP contribution in [0.5, 0.6) is 0 Å². The summed E-state index contributed by atoms with van der Waals surface area (Å²) in [7, 11) is 0. The van der Waals surface area contributed by atoms with Gasteiger partial charge < -0.3 is 20.1 Å². The van der Waals surface area contributed by atoms with Gasteiger partial charge in [0.2, 0.25) is 5.91 Å². The van der Waals surface area contributed by atoms with Crippen LogP contribution in [0.25, 0.3) is 0 Å². The minimum Gasteiger partial charge on any atom is -0.481 e. The lowest BCUT2D eigenvalue weighted by Gasteiger charge is -2.30. The molecule has 0 aliphatic carbocycles. The van der Waals surface area contributed by atoms with Gasteiger partial charge in [-0.1, -0.05) is 0 Å². The van der Waals surface area contributed by atoms with E-state index in [1.54, 1.807) is 4.90 Å². The number of carboxylic acids is 1. The van der Waals surface area contributed by atoms with E-state index in [0.29, 0.717) is 26.1 Å². The van der Waals surface area contributed by atoms with E-state index in [1.165, 1.54) is 0 Å². The smallest absolute Gasteiger partial charge is 0.311 e. The molecule has 2 unspecified atom stereocenters. The Kier molecular flexibility index (Phi) is 5.95. The number of carbonyl (C=O) groups is 2. The molecule has 1 amide bonds. The van der Waals surface area contributed by atoms with Gasteiger partial charge in [-0.3, -0.25) is 9.59 Å². The van der Waals surface area contributed by atoms with Crippen molar-refractivity contribution in [2.75, 3.05) is 26.3 Å². The fraction of sp³-hybridized carbons (Fsp3) is 0.857. The third kappa shape index (κ3) is 4.76. The number of hydrogen-bond donors (Lipinski definition) is 2. The molecular weight excluding hydrogens is 260 g/mol. The standard InChI is InChI=1S/C14H26N2O4/c1-5-16(11-9-20-8-10(11)13(18)19)12(17)6-7-15-14(2,3)4/h10-11,15H,5-9H2,1-4H3,(H,18,19). The van der Waals surface area contributed by atoms with Crippen LogP contribution in [-0.2, 0) is 14.3 Å². The summed E-state index contributed by atoms with van der Waals surface area (Å²) in [5.41, 5.74) is -0.0304. The first-order chi connectivity index (χ1) is 9.26. The zero-order valence-electron chi connectivity index (χ0n) is 12.8. The van der Waals surface area contributed by atoms with Gasteiger partial charge >= 0.3 is 5.97 Å². The second-order valence-corrected chi connectivity index (χ2v) is 6.16. The van der Waals surface area contributed by atoms with E-state index < -0.39 is 11.9 Å². The predicted molar refractivity (Wildman–Crippen MR) is 75.5 cm³/mol. The quantitative estimate of drug-likeness (QED) is 0.752. The molecule has 0 aromatic rings. The average Bonchev–Trinajstić information content (AvgIpc) is 2.77. The topological polar surface area (TPSA) is 78.9 Å². The minimum absolute atomic E-state index is 0.0222. The van der Waals surface area contributed by atoms with Crippen molar-refractivity contribution in [1.29, 1.82) is 0 Å². The van der Waals surface area contributed by atoms with E-state index in [4.69, 9.17) is 9.84 Å². The molecule has 1 aliphatic heterocycles. The van der Waals surface area contributed by atoms with E-state index in [9.17, 15) is 9.59 Å². The average molecular weight is 286 g/mol. The van der Waals surface area contributed by atoms with Crippen molar-refractivity contribution in [3.63, 3.8) is 0 Å². The largest absolute Gasteiger partial charge is 0.481 e. The first-order valence-electron chi connectivity index (χ1n) is 7.11. The van der Waals surface area contributed by atoms with E-state index in [1.807, 2.05) is 27.7 Å². The van der Waals surface area contributed by atoms with E-state index in [0.717, 1.165) is 0 Å². The van der Waals surface area contributed by atoms with Gasteiger partial charge in [-0.25, -0.2) is 0 Å². The Morgan fingerprint density at radius 3 is 2.50 bits per heavy atom. The Morgan fingerprint density at radius 2 is 2.00 bits per heavy atom. The molecule has 6 nitrogen and oxygen atoms in total. The molecule has 20 heavy (non-hydrogen) atoms. The second-order valence-electron chi connectivity index (χ2n) is 6.16. The summed E-state index contributed by atoms with van der Waals surface area (Å²) in [6.07, 6.45) is 0.369. The Hall–Kier alpha value is -1.14. The Labute approximate surface area is 120 Å². The first-order valence-corrected chi connectivity index (χ1v) is 7.11. The summed E-state index contributed by atoms with van der Waals surface area (Å²) in [5.74, 6) is -1.54. The van der Waals surface area contributed by atoms with Gasteiger partial charge in [-0.05, 0) is 27.7 Å². The highest BCUT2D eigenvalue weighted by Crippen LogP contribution is 2.20. The van der Waals surface area contributed by atoms with Crippen molar-refractivity contribution in [3.8, 4) is 0 Å². The minimum atomic E-state index is -0.897. The molecule has 0 spiro atoms. The van der Waals surface area contributed by atoms with Gasteiger partial charge in [-0.2, -0.15) is 0 Å². The summed E-state index contributed by atoms with van der Waals surface area (Å²) in [6, 6.07) is -0.348. The molecule has 1 fully saturated rings. The molecule has 6 heteroatoms. The van der Waals surface area contributed by atoms with Crippen molar-refractivity contribution in [3.05, 3.63) is 0 Å². The summed E-state index contributed by atoms with van der Waals surface area (Å²) in [6.45, 7) is 9.58. The molecule has 1 rings (SSSR count). The molecular formula is C14H26N2O4. The molecule has 2 atom stereocenters. The highest BCUT2D eigenvalue weighted by molar-refractivity contribution is 5.78. The summed E-state index contributed by atoms with van der Waals surface area (Å²) < 4.78 is 5.23. The number of amides is 1. The maximum atomic E-state index is 12.3.